The molecule has 0 bridgehead atoms. The van der Waals surface area contributed by atoms with Gasteiger partial charge in [0.15, 0.2) is 11.5 Å². The molecule has 0 N–H and O–H groups in total. The van der Waals surface area contributed by atoms with E-state index < -0.39 is 0 Å². The maximum Gasteiger partial charge on any atom is 0.313 e. The standard InChI is InChI=1S/C23H26O5S3/c1-25-16-10-13(11-17(26-2)20(16)27-3)18-14-6-9-31-21(14)22-15(19(18)23(24)28-4)12-29-7-5-8-30-22/h6,9-11,18-19H,5,7-8,12H2,1-4H3/t18-,19-/m1/s1. The first-order valence-electron chi connectivity index (χ1n) is 10.0. The molecule has 2 atom stereocenters. The highest BCUT2D eigenvalue weighted by atomic mass is 32.2. The number of methoxy groups -OCH3 is 4. The molecule has 2 aliphatic rings. The molecule has 5 nitrogen and oxygen atoms in total. The first-order chi connectivity index (χ1) is 15.1. The number of hydrogen-bond donors (Lipinski definition) is 0. The Morgan fingerprint density at radius 3 is 2.42 bits per heavy atom. The second-order valence-corrected chi connectivity index (χ2v) is 10.4. The van der Waals surface area contributed by atoms with E-state index in [-0.39, 0.29) is 17.8 Å². The average Bonchev–Trinajstić information content (AvgIpc) is 3.26. The molecule has 0 fully saturated rings. The van der Waals surface area contributed by atoms with Crippen molar-refractivity contribution in [3.8, 4) is 17.2 Å². The van der Waals surface area contributed by atoms with Crippen LogP contribution in [0.15, 0.2) is 29.2 Å². The van der Waals surface area contributed by atoms with E-state index in [0.717, 1.165) is 28.4 Å². The molecule has 0 spiro atoms. The van der Waals surface area contributed by atoms with Gasteiger partial charge in [-0.3, -0.25) is 4.79 Å². The molecule has 8 heteroatoms. The van der Waals surface area contributed by atoms with Crippen LogP contribution in [0.4, 0.5) is 0 Å². The second-order valence-electron chi connectivity index (χ2n) is 7.25. The van der Waals surface area contributed by atoms with Gasteiger partial charge in [-0.25, -0.2) is 0 Å². The van der Waals surface area contributed by atoms with Gasteiger partial charge in [0.2, 0.25) is 5.75 Å². The van der Waals surface area contributed by atoms with Crippen molar-refractivity contribution in [1.29, 1.82) is 0 Å². The quantitative estimate of drug-likeness (QED) is 0.541. The van der Waals surface area contributed by atoms with Crippen LogP contribution < -0.4 is 14.2 Å². The molecule has 1 aliphatic carbocycles. The van der Waals surface area contributed by atoms with Crippen molar-refractivity contribution in [1.82, 2.24) is 0 Å². The van der Waals surface area contributed by atoms with Crippen LogP contribution in [0.1, 0.15) is 28.3 Å². The lowest BCUT2D eigenvalue weighted by atomic mass is 9.74. The van der Waals surface area contributed by atoms with Gasteiger partial charge in [0, 0.05) is 21.5 Å². The Morgan fingerprint density at radius 1 is 1.03 bits per heavy atom. The first kappa shape index (κ1) is 22.4. The number of hydrogen-bond acceptors (Lipinski definition) is 8. The number of fused-ring (bicyclic) bond motifs is 2. The second kappa shape index (κ2) is 9.79. The van der Waals surface area contributed by atoms with Gasteiger partial charge in [0.25, 0.3) is 0 Å². The normalized spacial score (nSPS) is 20.8. The van der Waals surface area contributed by atoms with Crippen LogP contribution in [-0.2, 0) is 9.53 Å². The largest absolute Gasteiger partial charge is 0.493 e. The summed E-state index contributed by atoms with van der Waals surface area (Å²) in [6, 6.07) is 6.05. The molecular weight excluding hydrogens is 452 g/mol. The van der Waals surface area contributed by atoms with E-state index >= 15 is 0 Å². The Morgan fingerprint density at radius 2 is 1.77 bits per heavy atom. The highest BCUT2D eigenvalue weighted by molar-refractivity contribution is 8.08. The summed E-state index contributed by atoms with van der Waals surface area (Å²) in [5.41, 5.74) is 3.29. The fraction of sp³-hybridized carbons (Fsp3) is 0.435. The minimum Gasteiger partial charge on any atom is -0.493 e. The fourth-order valence-corrected chi connectivity index (χ4v) is 7.98. The third-order valence-electron chi connectivity index (χ3n) is 5.68. The molecule has 1 aromatic heterocycles. The molecular formula is C23H26O5S3. The van der Waals surface area contributed by atoms with Crippen LogP contribution in [0, 0.1) is 5.92 Å². The van der Waals surface area contributed by atoms with Crippen molar-refractivity contribution in [3.63, 3.8) is 0 Å². The van der Waals surface area contributed by atoms with Gasteiger partial charge in [-0.2, -0.15) is 11.8 Å². The molecule has 1 aromatic carbocycles. The molecule has 0 saturated carbocycles. The summed E-state index contributed by atoms with van der Waals surface area (Å²) < 4.78 is 22.1. The number of esters is 1. The molecule has 0 radical (unpaired) electrons. The lowest BCUT2D eigenvalue weighted by Gasteiger charge is -2.35. The molecule has 31 heavy (non-hydrogen) atoms. The number of ether oxygens (including phenoxy) is 4. The highest BCUT2D eigenvalue weighted by Gasteiger charge is 2.43. The summed E-state index contributed by atoms with van der Waals surface area (Å²) in [5.74, 6) is 3.93. The van der Waals surface area contributed by atoms with E-state index in [4.69, 9.17) is 18.9 Å². The van der Waals surface area contributed by atoms with Crippen LogP contribution >= 0.6 is 34.9 Å². The SMILES string of the molecule is COC(=O)[C@@H]1C2=C(SCCCSC2)c2sccc2[C@H]1c1cc(OC)c(OC)c(OC)c1. The van der Waals surface area contributed by atoms with Crippen molar-refractivity contribution in [3.05, 3.63) is 45.2 Å². The van der Waals surface area contributed by atoms with Crippen LogP contribution in [0.5, 0.6) is 17.2 Å². The number of thiophene rings is 1. The van der Waals surface area contributed by atoms with Crippen molar-refractivity contribution in [2.45, 2.75) is 12.3 Å². The molecule has 0 unspecified atom stereocenters. The van der Waals surface area contributed by atoms with Crippen molar-refractivity contribution in [2.24, 2.45) is 5.92 Å². The molecule has 1 aliphatic heterocycles. The van der Waals surface area contributed by atoms with Gasteiger partial charge in [-0.05, 0) is 58.2 Å². The summed E-state index contributed by atoms with van der Waals surface area (Å²) >= 11 is 5.52. The fourth-order valence-electron chi connectivity index (χ4n) is 4.31. The van der Waals surface area contributed by atoms with Gasteiger partial charge in [0.05, 0.1) is 34.4 Å². The van der Waals surface area contributed by atoms with Crippen LogP contribution in [-0.4, -0.2) is 51.7 Å². The minimum absolute atomic E-state index is 0.179. The predicted molar refractivity (Wildman–Crippen MR) is 129 cm³/mol. The maximum atomic E-state index is 13.2. The van der Waals surface area contributed by atoms with E-state index in [9.17, 15) is 4.79 Å². The summed E-state index contributed by atoms with van der Waals surface area (Å²) in [6.45, 7) is 0. The highest BCUT2D eigenvalue weighted by Crippen LogP contribution is 2.54. The lowest BCUT2D eigenvalue weighted by Crippen LogP contribution is -2.31. The van der Waals surface area contributed by atoms with E-state index in [0.29, 0.717) is 17.2 Å². The molecule has 2 aromatic rings. The smallest absolute Gasteiger partial charge is 0.313 e. The topological polar surface area (TPSA) is 54.0 Å². The number of carbonyl (C=O) groups is 1. The zero-order valence-corrected chi connectivity index (χ0v) is 20.5. The van der Waals surface area contributed by atoms with Crippen LogP contribution in [0.25, 0.3) is 4.91 Å². The zero-order valence-electron chi connectivity index (χ0n) is 18.1. The van der Waals surface area contributed by atoms with E-state index in [1.807, 2.05) is 35.7 Å². The lowest BCUT2D eigenvalue weighted by molar-refractivity contribution is -0.144. The summed E-state index contributed by atoms with van der Waals surface area (Å²) in [7, 11) is 6.28. The monoisotopic (exact) mass is 478 g/mol. The van der Waals surface area contributed by atoms with Crippen molar-refractivity contribution >= 4 is 45.7 Å². The minimum atomic E-state index is -0.386. The van der Waals surface area contributed by atoms with E-state index in [2.05, 4.69) is 11.4 Å². The molecule has 4 rings (SSSR count). The third-order valence-corrected chi connectivity index (χ3v) is 9.09. The molecule has 166 valence electrons. The van der Waals surface area contributed by atoms with Gasteiger partial charge >= 0.3 is 5.97 Å². The Labute approximate surface area is 195 Å². The number of benzene rings is 1. The van der Waals surface area contributed by atoms with Crippen molar-refractivity contribution in [2.75, 3.05) is 45.7 Å². The first-order valence-corrected chi connectivity index (χ1v) is 13.1. The van der Waals surface area contributed by atoms with Crippen molar-refractivity contribution < 1.29 is 23.7 Å². The molecule has 0 saturated heterocycles. The molecule has 2 heterocycles. The van der Waals surface area contributed by atoms with Gasteiger partial charge in [-0.1, -0.05) is 0 Å². The third kappa shape index (κ3) is 4.05. The van der Waals surface area contributed by atoms with Gasteiger partial charge < -0.3 is 18.9 Å². The summed E-state index contributed by atoms with van der Waals surface area (Å²) in [6.07, 6.45) is 1.17. The summed E-state index contributed by atoms with van der Waals surface area (Å²) in [4.78, 5) is 15.7. The summed E-state index contributed by atoms with van der Waals surface area (Å²) in [5, 5.41) is 2.12. The van der Waals surface area contributed by atoms with Gasteiger partial charge in [0.1, 0.15) is 0 Å². The van der Waals surface area contributed by atoms with E-state index in [1.165, 1.54) is 28.9 Å². The Kier molecular flexibility index (Phi) is 7.08. The maximum absolute atomic E-state index is 13.2. The number of thioether (sulfide) groups is 2. The number of rotatable bonds is 5. The number of carbonyl (C=O) groups excluding carboxylic acids is 1. The van der Waals surface area contributed by atoms with E-state index in [1.54, 1.807) is 32.7 Å². The van der Waals surface area contributed by atoms with Crippen LogP contribution in [0.3, 0.4) is 0 Å². The average molecular weight is 479 g/mol. The van der Waals surface area contributed by atoms with Gasteiger partial charge in [-0.15, -0.1) is 23.1 Å². The Hall–Kier alpha value is -1.77. The zero-order chi connectivity index (χ0) is 22.0. The Balaban J connectivity index is 1.94. The Bertz CT molecular complexity index is 972. The predicted octanol–water partition coefficient (Wildman–Crippen LogP) is 5.29. The van der Waals surface area contributed by atoms with Crippen LogP contribution in [0.2, 0.25) is 0 Å². The molecule has 0 amide bonds.